The van der Waals surface area contributed by atoms with Crippen LogP contribution in [0.15, 0.2) is 36.7 Å². The van der Waals surface area contributed by atoms with E-state index in [0.717, 1.165) is 5.56 Å². The van der Waals surface area contributed by atoms with Crippen molar-refractivity contribution in [2.45, 2.75) is 36.9 Å². The molecule has 4 aliphatic heterocycles. The van der Waals surface area contributed by atoms with Crippen molar-refractivity contribution in [2.24, 2.45) is 11.8 Å². The van der Waals surface area contributed by atoms with Gasteiger partial charge < -0.3 is 14.5 Å². The Bertz CT molecular complexity index is 852. The summed E-state index contributed by atoms with van der Waals surface area (Å²) in [5, 5.41) is 0. The van der Waals surface area contributed by atoms with E-state index in [-0.39, 0.29) is 37.7 Å². The third-order valence-corrected chi connectivity index (χ3v) is 6.69. The molecule has 1 aromatic heterocycles. The molecule has 2 amide bonds. The second-order valence-electron chi connectivity index (χ2n) is 8.45. The number of likely N-dealkylation sites (tertiary alicyclic amines) is 2. The number of hydrogen-bond acceptors (Lipinski definition) is 4. The van der Waals surface area contributed by atoms with Gasteiger partial charge in [0.05, 0.1) is 24.5 Å². The highest BCUT2D eigenvalue weighted by Crippen LogP contribution is 2.52. The first-order valence-corrected chi connectivity index (χ1v) is 10.1. The first-order chi connectivity index (χ1) is 13.9. The van der Waals surface area contributed by atoms with Crippen LogP contribution in [0.2, 0.25) is 0 Å². The first kappa shape index (κ1) is 18.7. The lowest BCUT2D eigenvalue weighted by atomic mass is 9.76. The Labute approximate surface area is 167 Å². The highest BCUT2D eigenvalue weighted by Gasteiger charge is 2.67. The minimum Gasteiger partial charge on any atom is -0.360 e. The zero-order valence-electron chi connectivity index (χ0n) is 16.0. The summed E-state index contributed by atoms with van der Waals surface area (Å²) in [4.78, 5) is 33.6. The molecule has 154 valence electrons. The summed E-state index contributed by atoms with van der Waals surface area (Å²) in [6, 6.07) is 3.83. The van der Waals surface area contributed by atoms with Crippen LogP contribution in [0.4, 0.5) is 8.78 Å². The van der Waals surface area contributed by atoms with Crippen LogP contribution in [0.5, 0.6) is 0 Å². The van der Waals surface area contributed by atoms with Crippen molar-refractivity contribution < 1.29 is 23.1 Å². The van der Waals surface area contributed by atoms with Crippen LogP contribution < -0.4 is 0 Å². The fourth-order valence-electron chi connectivity index (χ4n) is 5.13. The number of nitrogens with zero attached hydrogens (tertiary/aromatic N) is 3. The van der Waals surface area contributed by atoms with E-state index in [1.165, 1.54) is 4.90 Å². The van der Waals surface area contributed by atoms with E-state index < -0.39 is 29.5 Å². The number of carbonyl (C=O) groups is 2. The largest absolute Gasteiger partial charge is 0.360 e. The number of alkyl halides is 2. The van der Waals surface area contributed by atoms with Crippen LogP contribution in [-0.4, -0.2) is 70.4 Å². The number of amides is 2. The summed E-state index contributed by atoms with van der Waals surface area (Å²) in [5.74, 6) is -4.21. The van der Waals surface area contributed by atoms with E-state index >= 15 is 0 Å². The molecule has 4 atom stereocenters. The van der Waals surface area contributed by atoms with Gasteiger partial charge in [-0.15, -0.1) is 0 Å². The number of pyridine rings is 1. The molecule has 4 aliphatic rings. The maximum atomic E-state index is 13.5. The van der Waals surface area contributed by atoms with Crippen LogP contribution >= 0.6 is 0 Å². The zero-order valence-corrected chi connectivity index (χ0v) is 16.0. The average Bonchev–Trinajstić information content (AvgIpc) is 3.35. The van der Waals surface area contributed by atoms with Crippen molar-refractivity contribution in [3.8, 4) is 0 Å². The lowest BCUT2D eigenvalue weighted by molar-refractivity contribution is -0.147. The predicted molar refractivity (Wildman–Crippen MR) is 99.0 cm³/mol. The van der Waals surface area contributed by atoms with Crippen molar-refractivity contribution >= 4 is 11.8 Å². The summed E-state index contributed by atoms with van der Waals surface area (Å²) >= 11 is 0. The number of carbonyl (C=O) groups excluding carboxylic acids is 2. The van der Waals surface area contributed by atoms with Crippen LogP contribution in [0.25, 0.3) is 0 Å². The molecule has 0 radical (unpaired) electrons. The van der Waals surface area contributed by atoms with Crippen molar-refractivity contribution in [1.82, 2.24) is 14.8 Å². The Kier molecular flexibility index (Phi) is 4.24. The Morgan fingerprint density at radius 2 is 1.97 bits per heavy atom. The van der Waals surface area contributed by atoms with Crippen LogP contribution in [0.3, 0.4) is 0 Å². The Morgan fingerprint density at radius 1 is 1.24 bits per heavy atom. The number of fused-ring (bicyclic) bond motifs is 1. The van der Waals surface area contributed by atoms with Crippen molar-refractivity contribution in [1.29, 1.82) is 0 Å². The molecule has 2 unspecified atom stereocenters. The normalized spacial score (nSPS) is 34.7. The van der Waals surface area contributed by atoms with E-state index in [1.54, 1.807) is 17.3 Å². The third-order valence-electron chi connectivity index (χ3n) is 6.69. The molecular weight excluding hydrogens is 380 g/mol. The lowest BCUT2D eigenvalue weighted by Gasteiger charge is -2.35. The molecule has 6 nitrogen and oxygen atoms in total. The van der Waals surface area contributed by atoms with Crippen LogP contribution in [0.1, 0.15) is 18.4 Å². The lowest BCUT2D eigenvalue weighted by Crippen LogP contribution is -2.50. The van der Waals surface area contributed by atoms with Gasteiger partial charge in [-0.25, -0.2) is 8.78 Å². The fourth-order valence-corrected chi connectivity index (χ4v) is 5.13. The molecule has 1 aromatic rings. The van der Waals surface area contributed by atoms with Gasteiger partial charge in [0.25, 0.3) is 5.92 Å². The zero-order chi connectivity index (χ0) is 20.2. The summed E-state index contributed by atoms with van der Waals surface area (Å²) in [6.07, 6.45) is 6.82. The fraction of sp³-hybridized carbons (Fsp3) is 0.571. The molecule has 3 fully saturated rings. The van der Waals surface area contributed by atoms with Gasteiger partial charge in [-0.3, -0.25) is 14.6 Å². The smallest absolute Gasteiger partial charge is 0.251 e. The van der Waals surface area contributed by atoms with E-state index in [2.05, 4.69) is 4.98 Å². The molecule has 8 heteroatoms. The van der Waals surface area contributed by atoms with Gasteiger partial charge in [0.15, 0.2) is 0 Å². The van der Waals surface area contributed by atoms with Gasteiger partial charge >= 0.3 is 0 Å². The molecule has 5 rings (SSSR count). The number of halogens is 2. The summed E-state index contributed by atoms with van der Waals surface area (Å²) in [5.41, 5.74) is 0.324. The molecule has 0 saturated carbocycles. The minimum absolute atomic E-state index is 0.0262. The van der Waals surface area contributed by atoms with E-state index in [0.29, 0.717) is 19.5 Å². The SMILES string of the molecule is O=C(C1C2C(=O)N(CCc3ccncc3)C[C@@]23C=C[C@@H]1O3)N1CCC(F)(F)CC1. The Morgan fingerprint density at radius 3 is 2.69 bits per heavy atom. The van der Waals surface area contributed by atoms with Crippen molar-refractivity contribution in [3.63, 3.8) is 0 Å². The van der Waals surface area contributed by atoms with Gasteiger partial charge in [-0.2, -0.15) is 0 Å². The number of rotatable bonds is 4. The maximum absolute atomic E-state index is 13.5. The topological polar surface area (TPSA) is 62.7 Å². The molecule has 0 aromatic carbocycles. The average molecular weight is 403 g/mol. The molecule has 0 aliphatic carbocycles. The second-order valence-corrected chi connectivity index (χ2v) is 8.45. The predicted octanol–water partition coefficient (Wildman–Crippen LogP) is 1.66. The second kappa shape index (κ2) is 6.58. The van der Waals surface area contributed by atoms with Crippen molar-refractivity contribution in [3.05, 3.63) is 42.2 Å². The molecule has 1 spiro atoms. The van der Waals surface area contributed by atoms with Gasteiger partial charge in [-0.05, 0) is 24.1 Å². The van der Waals surface area contributed by atoms with E-state index in [1.807, 2.05) is 24.3 Å². The molecule has 3 saturated heterocycles. The molecule has 5 heterocycles. The van der Waals surface area contributed by atoms with Gasteiger partial charge in [0.1, 0.15) is 5.60 Å². The standard InChI is InChI=1S/C21H23F2N3O3/c22-21(23)6-11-25(12-7-21)18(27)16-15-1-5-20(29-15)13-26(19(28)17(16)20)10-4-14-2-8-24-9-3-14/h1-3,5,8-9,15-17H,4,6-7,10-13H2/t15-,16?,17?,20-/m0/s1. The minimum atomic E-state index is -2.71. The highest BCUT2D eigenvalue weighted by molar-refractivity contribution is 5.93. The summed E-state index contributed by atoms with van der Waals surface area (Å²) < 4.78 is 33.1. The van der Waals surface area contributed by atoms with E-state index in [9.17, 15) is 18.4 Å². The quantitative estimate of drug-likeness (QED) is 0.718. The molecule has 2 bridgehead atoms. The first-order valence-electron chi connectivity index (χ1n) is 10.1. The van der Waals surface area contributed by atoms with E-state index in [4.69, 9.17) is 4.74 Å². The monoisotopic (exact) mass is 403 g/mol. The van der Waals surface area contributed by atoms with Crippen LogP contribution in [0, 0.1) is 11.8 Å². The van der Waals surface area contributed by atoms with Gasteiger partial charge in [-0.1, -0.05) is 12.2 Å². The highest BCUT2D eigenvalue weighted by atomic mass is 19.3. The maximum Gasteiger partial charge on any atom is 0.251 e. The number of piperidine rings is 1. The summed E-state index contributed by atoms with van der Waals surface area (Å²) in [7, 11) is 0. The molecular formula is C21H23F2N3O3. The van der Waals surface area contributed by atoms with Crippen LogP contribution in [-0.2, 0) is 20.7 Å². The number of hydrogen-bond donors (Lipinski definition) is 0. The van der Waals surface area contributed by atoms with Crippen molar-refractivity contribution in [2.75, 3.05) is 26.2 Å². The summed E-state index contributed by atoms with van der Waals surface area (Å²) in [6.45, 7) is 1.02. The van der Waals surface area contributed by atoms with Gasteiger partial charge in [0, 0.05) is 44.9 Å². The molecule has 0 N–H and O–H groups in total. The number of aromatic nitrogens is 1. The third kappa shape index (κ3) is 3.04. The molecule has 29 heavy (non-hydrogen) atoms. The number of ether oxygens (including phenoxy) is 1. The Hall–Kier alpha value is -2.35. The van der Waals surface area contributed by atoms with Gasteiger partial charge in [0.2, 0.25) is 11.8 Å². The Balaban J connectivity index is 1.31.